The Balaban J connectivity index is 2.51. The summed E-state index contributed by atoms with van der Waals surface area (Å²) in [6.07, 6.45) is 5.09. The van der Waals surface area contributed by atoms with Crippen LogP contribution in [0.5, 0.6) is 0 Å². The van der Waals surface area contributed by atoms with E-state index in [4.69, 9.17) is 0 Å². The highest BCUT2D eigenvalue weighted by Crippen LogP contribution is 2.25. The summed E-state index contributed by atoms with van der Waals surface area (Å²) in [5.74, 6) is 0.931. The fourth-order valence-corrected chi connectivity index (χ4v) is 2.05. The van der Waals surface area contributed by atoms with Gasteiger partial charge in [-0.15, -0.1) is 5.10 Å². The molecular formula is C13H27N5. The van der Waals surface area contributed by atoms with E-state index in [2.05, 4.69) is 48.5 Å². The first-order chi connectivity index (χ1) is 8.59. The predicted octanol–water partition coefficient (Wildman–Crippen LogP) is 2.39. The summed E-state index contributed by atoms with van der Waals surface area (Å²) in [5, 5.41) is 15.2. The van der Waals surface area contributed by atoms with E-state index in [0.717, 1.165) is 25.5 Å². The number of nitrogens with one attached hydrogen (secondary N) is 1. The van der Waals surface area contributed by atoms with Crippen LogP contribution in [-0.4, -0.2) is 26.8 Å². The largest absolute Gasteiger partial charge is 0.310 e. The number of rotatable bonds is 9. The zero-order valence-electron chi connectivity index (χ0n) is 12.2. The third-order valence-corrected chi connectivity index (χ3v) is 3.17. The molecule has 1 rings (SSSR count). The summed E-state index contributed by atoms with van der Waals surface area (Å²) in [4.78, 5) is 0. The fraction of sp³-hybridized carbons (Fsp3) is 0.923. The lowest BCUT2D eigenvalue weighted by Gasteiger charge is -2.24. The molecule has 18 heavy (non-hydrogen) atoms. The quantitative estimate of drug-likeness (QED) is 0.687. The molecule has 104 valence electrons. The lowest BCUT2D eigenvalue weighted by atomic mass is 9.87. The van der Waals surface area contributed by atoms with Gasteiger partial charge in [-0.05, 0) is 28.8 Å². The summed E-state index contributed by atoms with van der Waals surface area (Å²) in [6, 6.07) is 0. The molecule has 0 spiro atoms. The maximum atomic E-state index is 4.10. The Bertz CT molecular complexity index is 332. The number of hydrogen-bond donors (Lipinski definition) is 1. The standard InChI is InChI=1S/C13H27N5/c1-5-7-8-9-13(3,4)11-18-12(10-14-6-2)15-16-17-18/h14H,5-11H2,1-4H3. The van der Waals surface area contributed by atoms with Crippen LogP contribution in [0, 0.1) is 5.41 Å². The average Bonchev–Trinajstić information content (AvgIpc) is 2.73. The highest BCUT2D eigenvalue weighted by molar-refractivity contribution is 4.82. The van der Waals surface area contributed by atoms with Gasteiger partial charge in [-0.3, -0.25) is 0 Å². The van der Waals surface area contributed by atoms with Crippen LogP contribution in [0.1, 0.15) is 59.2 Å². The highest BCUT2D eigenvalue weighted by atomic mass is 15.5. The van der Waals surface area contributed by atoms with Crippen molar-refractivity contribution in [3.63, 3.8) is 0 Å². The second-order valence-electron chi connectivity index (χ2n) is 5.65. The van der Waals surface area contributed by atoms with Gasteiger partial charge in [0.05, 0.1) is 6.54 Å². The summed E-state index contributed by atoms with van der Waals surface area (Å²) in [5.41, 5.74) is 0.255. The smallest absolute Gasteiger partial charge is 0.165 e. The van der Waals surface area contributed by atoms with E-state index in [-0.39, 0.29) is 5.41 Å². The SMILES string of the molecule is CCCCCC(C)(C)Cn1nnnc1CNCC. The van der Waals surface area contributed by atoms with E-state index in [1.807, 2.05) is 4.68 Å². The minimum atomic E-state index is 0.255. The molecule has 5 nitrogen and oxygen atoms in total. The van der Waals surface area contributed by atoms with E-state index in [9.17, 15) is 0 Å². The van der Waals surface area contributed by atoms with Gasteiger partial charge < -0.3 is 5.32 Å². The van der Waals surface area contributed by atoms with Gasteiger partial charge in [-0.1, -0.05) is 47.0 Å². The van der Waals surface area contributed by atoms with Crippen molar-refractivity contribution in [2.75, 3.05) is 6.54 Å². The second kappa shape index (κ2) is 7.46. The minimum absolute atomic E-state index is 0.255. The zero-order chi connectivity index (χ0) is 13.4. The molecular weight excluding hydrogens is 226 g/mol. The van der Waals surface area contributed by atoms with E-state index >= 15 is 0 Å². The lowest BCUT2D eigenvalue weighted by Crippen LogP contribution is -2.24. The molecule has 0 unspecified atom stereocenters. The minimum Gasteiger partial charge on any atom is -0.310 e. The van der Waals surface area contributed by atoms with E-state index in [1.54, 1.807) is 0 Å². The van der Waals surface area contributed by atoms with Gasteiger partial charge >= 0.3 is 0 Å². The molecule has 1 aromatic rings. The number of tetrazole rings is 1. The van der Waals surface area contributed by atoms with Crippen molar-refractivity contribution in [3.8, 4) is 0 Å². The molecule has 0 amide bonds. The fourth-order valence-electron chi connectivity index (χ4n) is 2.05. The third-order valence-electron chi connectivity index (χ3n) is 3.17. The molecule has 0 radical (unpaired) electrons. The molecule has 0 aromatic carbocycles. The van der Waals surface area contributed by atoms with Crippen molar-refractivity contribution < 1.29 is 0 Å². The van der Waals surface area contributed by atoms with Crippen molar-refractivity contribution in [2.24, 2.45) is 5.41 Å². The van der Waals surface area contributed by atoms with Crippen LogP contribution in [0.4, 0.5) is 0 Å². The van der Waals surface area contributed by atoms with Crippen molar-refractivity contribution in [1.29, 1.82) is 0 Å². The Morgan fingerprint density at radius 3 is 2.67 bits per heavy atom. The molecule has 0 aliphatic rings. The number of aromatic nitrogens is 4. The molecule has 0 atom stereocenters. The third kappa shape index (κ3) is 5.12. The molecule has 1 N–H and O–H groups in total. The van der Waals surface area contributed by atoms with Crippen LogP contribution in [0.15, 0.2) is 0 Å². The predicted molar refractivity (Wildman–Crippen MR) is 73.1 cm³/mol. The molecule has 0 bridgehead atoms. The van der Waals surface area contributed by atoms with Crippen LogP contribution in [0.2, 0.25) is 0 Å². The molecule has 5 heteroatoms. The first kappa shape index (κ1) is 15.1. The average molecular weight is 253 g/mol. The monoisotopic (exact) mass is 253 g/mol. The maximum absolute atomic E-state index is 4.10. The van der Waals surface area contributed by atoms with E-state index < -0.39 is 0 Å². The Morgan fingerprint density at radius 1 is 1.22 bits per heavy atom. The Kier molecular flexibility index (Phi) is 6.25. The highest BCUT2D eigenvalue weighted by Gasteiger charge is 2.20. The van der Waals surface area contributed by atoms with E-state index in [1.165, 1.54) is 25.7 Å². The number of unbranched alkanes of at least 4 members (excludes halogenated alkanes) is 2. The second-order valence-corrected chi connectivity index (χ2v) is 5.65. The van der Waals surface area contributed by atoms with Gasteiger partial charge in [0.15, 0.2) is 5.82 Å². The number of hydrogen-bond acceptors (Lipinski definition) is 4. The Hall–Kier alpha value is -0.970. The molecule has 0 saturated carbocycles. The van der Waals surface area contributed by atoms with Crippen molar-refractivity contribution in [3.05, 3.63) is 5.82 Å². The first-order valence-corrected chi connectivity index (χ1v) is 7.05. The van der Waals surface area contributed by atoms with Crippen molar-refractivity contribution >= 4 is 0 Å². The molecule has 0 saturated heterocycles. The summed E-state index contributed by atoms with van der Waals surface area (Å²) in [6.45, 7) is 11.5. The molecule has 0 aliphatic carbocycles. The topological polar surface area (TPSA) is 55.6 Å². The van der Waals surface area contributed by atoms with Gasteiger partial charge in [0.25, 0.3) is 0 Å². The van der Waals surface area contributed by atoms with Gasteiger partial charge in [0.1, 0.15) is 0 Å². The van der Waals surface area contributed by atoms with Crippen LogP contribution >= 0.6 is 0 Å². The normalized spacial score (nSPS) is 12.0. The molecule has 1 heterocycles. The van der Waals surface area contributed by atoms with E-state index in [0.29, 0.717) is 0 Å². The van der Waals surface area contributed by atoms with Gasteiger partial charge in [-0.25, -0.2) is 4.68 Å². The summed E-state index contributed by atoms with van der Waals surface area (Å²) >= 11 is 0. The maximum Gasteiger partial charge on any atom is 0.165 e. The molecule has 0 fully saturated rings. The van der Waals surface area contributed by atoms with Gasteiger partial charge in [0, 0.05) is 6.54 Å². The van der Waals surface area contributed by atoms with Crippen molar-refractivity contribution in [2.45, 2.75) is 66.5 Å². The summed E-state index contributed by atoms with van der Waals surface area (Å²) < 4.78 is 1.94. The summed E-state index contributed by atoms with van der Waals surface area (Å²) in [7, 11) is 0. The Morgan fingerprint density at radius 2 is 2.00 bits per heavy atom. The lowest BCUT2D eigenvalue weighted by molar-refractivity contribution is 0.252. The van der Waals surface area contributed by atoms with Crippen molar-refractivity contribution in [1.82, 2.24) is 25.5 Å². The van der Waals surface area contributed by atoms with Crippen LogP contribution in [0.3, 0.4) is 0 Å². The van der Waals surface area contributed by atoms with Crippen LogP contribution < -0.4 is 5.32 Å². The van der Waals surface area contributed by atoms with Crippen LogP contribution in [-0.2, 0) is 13.1 Å². The zero-order valence-corrected chi connectivity index (χ0v) is 12.2. The number of nitrogens with zero attached hydrogens (tertiary/aromatic N) is 4. The molecule has 1 aromatic heterocycles. The molecule has 0 aliphatic heterocycles. The Labute approximate surface area is 110 Å². The van der Waals surface area contributed by atoms with Gasteiger partial charge in [-0.2, -0.15) is 0 Å². The van der Waals surface area contributed by atoms with Crippen LogP contribution in [0.25, 0.3) is 0 Å². The van der Waals surface area contributed by atoms with Gasteiger partial charge in [0.2, 0.25) is 0 Å². The first-order valence-electron chi connectivity index (χ1n) is 7.05.